The zero-order valence-electron chi connectivity index (χ0n) is 14.9. The highest BCUT2D eigenvalue weighted by molar-refractivity contribution is 6.33. The first kappa shape index (κ1) is 19.3. The smallest absolute Gasteiger partial charge is 0.343 e. The number of rotatable bonds is 4. The standard InChI is InChI=1S/C18H19ClFN3O4/c1-11-9-22(7-8-26-11)15(24)10-27-18(25)16-12(2)21-23(17(16)19)14-5-3-13(20)4-6-14/h3-6,11H,7-10H2,1-2H3. The summed E-state index contributed by atoms with van der Waals surface area (Å²) in [4.78, 5) is 26.2. The number of amides is 1. The van der Waals surface area contributed by atoms with Crippen LogP contribution < -0.4 is 0 Å². The van der Waals surface area contributed by atoms with E-state index < -0.39 is 11.8 Å². The molecule has 1 saturated heterocycles. The molecule has 1 aliphatic heterocycles. The molecule has 1 aliphatic rings. The Morgan fingerprint density at radius 2 is 2.07 bits per heavy atom. The Balaban J connectivity index is 1.70. The summed E-state index contributed by atoms with van der Waals surface area (Å²) in [5.41, 5.74) is 0.924. The van der Waals surface area contributed by atoms with E-state index >= 15 is 0 Å². The van der Waals surface area contributed by atoms with Gasteiger partial charge < -0.3 is 14.4 Å². The fourth-order valence-corrected chi connectivity index (χ4v) is 3.17. The minimum Gasteiger partial charge on any atom is -0.452 e. The van der Waals surface area contributed by atoms with Gasteiger partial charge in [0.05, 0.1) is 24.1 Å². The Bertz CT molecular complexity index is 853. The molecule has 9 heteroatoms. The van der Waals surface area contributed by atoms with Crippen molar-refractivity contribution in [1.82, 2.24) is 14.7 Å². The van der Waals surface area contributed by atoms with Crippen molar-refractivity contribution in [3.8, 4) is 5.69 Å². The molecule has 0 saturated carbocycles. The predicted molar refractivity (Wildman–Crippen MR) is 95.5 cm³/mol. The van der Waals surface area contributed by atoms with Crippen LogP contribution in [0, 0.1) is 12.7 Å². The number of carbonyl (C=O) groups is 2. The lowest BCUT2D eigenvalue weighted by Crippen LogP contribution is -2.46. The third kappa shape index (κ3) is 4.28. The first-order chi connectivity index (χ1) is 12.9. The number of aryl methyl sites for hydroxylation is 1. The molecule has 7 nitrogen and oxygen atoms in total. The maximum absolute atomic E-state index is 13.1. The van der Waals surface area contributed by atoms with Crippen LogP contribution in [0.2, 0.25) is 5.15 Å². The lowest BCUT2D eigenvalue weighted by Gasteiger charge is -2.30. The first-order valence-corrected chi connectivity index (χ1v) is 8.82. The molecule has 1 aromatic carbocycles. The molecule has 0 aliphatic carbocycles. The van der Waals surface area contributed by atoms with Gasteiger partial charge in [0.1, 0.15) is 16.5 Å². The van der Waals surface area contributed by atoms with Crippen molar-refractivity contribution >= 4 is 23.5 Å². The summed E-state index contributed by atoms with van der Waals surface area (Å²) in [5, 5.41) is 4.25. The van der Waals surface area contributed by atoms with E-state index in [2.05, 4.69) is 5.10 Å². The van der Waals surface area contributed by atoms with Gasteiger partial charge in [-0.25, -0.2) is 13.9 Å². The van der Waals surface area contributed by atoms with Crippen molar-refractivity contribution in [2.75, 3.05) is 26.3 Å². The van der Waals surface area contributed by atoms with Crippen molar-refractivity contribution in [3.63, 3.8) is 0 Å². The van der Waals surface area contributed by atoms with Gasteiger partial charge in [0.25, 0.3) is 5.91 Å². The number of esters is 1. The third-order valence-corrected chi connectivity index (χ3v) is 4.55. The van der Waals surface area contributed by atoms with Gasteiger partial charge in [0.15, 0.2) is 6.61 Å². The number of halogens is 2. The lowest BCUT2D eigenvalue weighted by atomic mass is 10.2. The molecule has 1 atom stereocenters. The van der Waals surface area contributed by atoms with Gasteiger partial charge in [-0.15, -0.1) is 0 Å². The summed E-state index contributed by atoms with van der Waals surface area (Å²) < 4.78 is 24.9. The molecule has 27 heavy (non-hydrogen) atoms. The topological polar surface area (TPSA) is 73.7 Å². The highest BCUT2D eigenvalue weighted by Gasteiger charge is 2.26. The van der Waals surface area contributed by atoms with Crippen LogP contribution in [0.25, 0.3) is 5.69 Å². The Morgan fingerprint density at radius 1 is 1.37 bits per heavy atom. The summed E-state index contributed by atoms with van der Waals surface area (Å²) in [5.74, 6) is -1.42. The largest absolute Gasteiger partial charge is 0.452 e. The number of ether oxygens (including phenoxy) is 2. The van der Waals surface area contributed by atoms with Gasteiger partial charge in [0, 0.05) is 13.1 Å². The second-order valence-electron chi connectivity index (χ2n) is 6.24. The van der Waals surface area contributed by atoms with Crippen molar-refractivity contribution in [2.45, 2.75) is 20.0 Å². The first-order valence-electron chi connectivity index (χ1n) is 8.44. The van der Waals surface area contributed by atoms with E-state index in [9.17, 15) is 14.0 Å². The average Bonchev–Trinajstić information content (AvgIpc) is 2.94. The summed E-state index contributed by atoms with van der Waals surface area (Å²) in [7, 11) is 0. The number of nitrogens with zero attached hydrogens (tertiary/aromatic N) is 3. The molecular weight excluding hydrogens is 377 g/mol. The van der Waals surface area contributed by atoms with Gasteiger partial charge in [-0.05, 0) is 38.1 Å². The van der Waals surface area contributed by atoms with Crippen LogP contribution in [-0.4, -0.2) is 59.0 Å². The van der Waals surface area contributed by atoms with Crippen molar-refractivity contribution in [2.24, 2.45) is 0 Å². The SMILES string of the molecule is Cc1nn(-c2ccc(F)cc2)c(Cl)c1C(=O)OCC(=O)N1CCOC(C)C1. The van der Waals surface area contributed by atoms with Crippen molar-refractivity contribution in [1.29, 1.82) is 0 Å². The van der Waals surface area contributed by atoms with E-state index in [4.69, 9.17) is 21.1 Å². The molecule has 0 bridgehead atoms. The predicted octanol–water partition coefficient (Wildman–Crippen LogP) is 2.38. The number of aromatic nitrogens is 2. The van der Waals surface area contributed by atoms with Crippen molar-refractivity contribution < 1.29 is 23.5 Å². The zero-order chi connectivity index (χ0) is 19.6. The van der Waals surface area contributed by atoms with E-state index in [1.165, 1.54) is 28.9 Å². The van der Waals surface area contributed by atoms with Crippen LogP contribution in [0.3, 0.4) is 0 Å². The molecule has 1 unspecified atom stereocenters. The zero-order valence-corrected chi connectivity index (χ0v) is 15.7. The lowest BCUT2D eigenvalue weighted by molar-refractivity contribution is -0.141. The van der Waals surface area contributed by atoms with Gasteiger partial charge in [-0.2, -0.15) is 5.10 Å². The second-order valence-corrected chi connectivity index (χ2v) is 6.59. The number of hydrogen-bond donors (Lipinski definition) is 0. The fraction of sp³-hybridized carbons (Fsp3) is 0.389. The van der Waals surface area contributed by atoms with E-state index in [-0.39, 0.29) is 29.3 Å². The molecule has 0 radical (unpaired) electrons. The monoisotopic (exact) mass is 395 g/mol. The van der Waals surface area contributed by atoms with Gasteiger partial charge >= 0.3 is 5.97 Å². The highest BCUT2D eigenvalue weighted by atomic mass is 35.5. The Kier molecular flexibility index (Phi) is 5.76. The third-order valence-electron chi connectivity index (χ3n) is 4.20. The second kappa shape index (κ2) is 8.06. The van der Waals surface area contributed by atoms with Crippen LogP contribution >= 0.6 is 11.6 Å². The fourth-order valence-electron chi connectivity index (χ4n) is 2.82. The summed E-state index contributed by atoms with van der Waals surface area (Å²) >= 11 is 6.28. The van der Waals surface area contributed by atoms with E-state index in [0.29, 0.717) is 31.1 Å². The van der Waals surface area contributed by atoms with Gasteiger partial charge in [-0.3, -0.25) is 4.79 Å². The van der Waals surface area contributed by atoms with Crippen LogP contribution in [0.5, 0.6) is 0 Å². The molecule has 1 amide bonds. The minimum atomic E-state index is -0.736. The number of hydrogen-bond acceptors (Lipinski definition) is 5. The molecule has 1 fully saturated rings. The summed E-state index contributed by atoms with van der Waals surface area (Å²) in [6.45, 7) is 4.47. The van der Waals surface area contributed by atoms with E-state index in [1.807, 2.05) is 6.92 Å². The van der Waals surface area contributed by atoms with Crippen LogP contribution in [0.4, 0.5) is 4.39 Å². The van der Waals surface area contributed by atoms with Crippen molar-refractivity contribution in [3.05, 3.63) is 46.5 Å². The molecule has 1 aromatic heterocycles. The quantitative estimate of drug-likeness (QED) is 0.743. The highest BCUT2D eigenvalue weighted by Crippen LogP contribution is 2.24. The summed E-state index contributed by atoms with van der Waals surface area (Å²) in [6, 6.07) is 5.52. The Morgan fingerprint density at radius 3 is 2.74 bits per heavy atom. The molecule has 0 spiro atoms. The van der Waals surface area contributed by atoms with E-state index in [1.54, 1.807) is 11.8 Å². The molecule has 0 N–H and O–H groups in total. The van der Waals surface area contributed by atoms with Crippen LogP contribution in [-0.2, 0) is 14.3 Å². The molecule has 2 aromatic rings. The summed E-state index contributed by atoms with van der Waals surface area (Å²) in [6.07, 6.45) is -0.0518. The molecule has 144 valence electrons. The van der Waals surface area contributed by atoms with Gasteiger partial charge in [0.2, 0.25) is 0 Å². The van der Waals surface area contributed by atoms with Gasteiger partial charge in [-0.1, -0.05) is 11.6 Å². The van der Waals surface area contributed by atoms with E-state index in [0.717, 1.165) is 0 Å². The normalized spacial score (nSPS) is 17.0. The molecular formula is C18H19ClFN3O4. The van der Waals surface area contributed by atoms with Crippen LogP contribution in [0.1, 0.15) is 23.0 Å². The average molecular weight is 396 g/mol. The Hall–Kier alpha value is -2.45. The number of benzene rings is 1. The maximum Gasteiger partial charge on any atom is 0.343 e. The Labute approximate surface area is 160 Å². The number of morpholine rings is 1. The molecule has 2 heterocycles. The number of carbonyl (C=O) groups excluding carboxylic acids is 2. The van der Waals surface area contributed by atoms with Crippen LogP contribution in [0.15, 0.2) is 24.3 Å². The maximum atomic E-state index is 13.1. The minimum absolute atomic E-state index is 0.0385. The molecule has 3 rings (SSSR count).